The van der Waals surface area contributed by atoms with Crippen LogP contribution in [0.1, 0.15) is 18.5 Å². The van der Waals surface area contributed by atoms with E-state index < -0.39 is 18.8 Å². The molecule has 0 radical (unpaired) electrons. The van der Waals surface area contributed by atoms with Gasteiger partial charge >= 0.3 is 6.18 Å². The highest BCUT2D eigenvalue weighted by molar-refractivity contribution is 7.98. The molecule has 3 aromatic rings. The molecule has 1 fully saturated rings. The van der Waals surface area contributed by atoms with Gasteiger partial charge in [-0.2, -0.15) is 13.2 Å². The summed E-state index contributed by atoms with van der Waals surface area (Å²) >= 11 is 1.65. The van der Waals surface area contributed by atoms with Crippen molar-refractivity contribution in [2.45, 2.75) is 42.6 Å². The number of anilines is 2. The predicted molar refractivity (Wildman–Crippen MR) is 148 cm³/mol. The van der Waals surface area contributed by atoms with Crippen molar-refractivity contribution in [3.63, 3.8) is 0 Å². The van der Waals surface area contributed by atoms with Crippen LogP contribution in [0.3, 0.4) is 0 Å². The zero-order valence-electron chi connectivity index (χ0n) is 21.3. The number of likely N-dealkylation sites (tertiary alicyclic amines) is 1. The second kappa shape index (κ2) is 12.8. The van der Waals surface area contributed by atoms with Crippen LogP contribution in [0.4, 0.5) is 24.5 Å². The minimum atomic E-state index is -4.38. The Kier molecular flexibility index (Phi) is 9.49. The highest BCUT2D eigenvalue weighted by atomic mass is 32.2. The Hall–Kier alpha value is -2.84. The van der Waals surface area contributed by atoms with Crippen LogP contribution in [0, 0.1) is 11.8 Å². The van der Waals surface area contributed by atoms with Crippen LogP contribution in [-0.2, 0) is 6.54 Å². The van der Waals surface area contributed by atoms with E-state index in [4.69, 9.17) is 5.11 Å². The maximum atomic E-state index is 13.5. The van der Waals surface area contributed by atoms with Crippen LogP contribution in [0.25, 0.3) is 10.9 Å². The Balaban J connectivity index is 1.50. The lowest BCUT2D eigenvalue weighted by Crippen LogP contribution is -2.43. The molecular weight excluding hydrogens is 513 g/mol. The largest absolute Gasteiger partial charge is 0.406 e. The second-order valence-corrected chi connectivity index (χ2v) is 10.3. The third-order valence-corrected chi connectivity index (χ3v) is 7.34. The molecule has 1 saturated heterocycles. The number of rotatable bonds is 9. The molecule has 1 atom stereocenters. The van der Waals surface area contributed by atoms with Crippen LogP contribution in [-0.4, -0.2) is 77.0 Å². The molecule has 0 amide bonds. The van der Waals surface area contributed by atoms with Gasteiger partial charge in [-0.1, -0.05) is 12.0 Å². The summed E-state index contributed by atoms with van der Waals surface area (Å²) in [6, 6.07) is 15.1. The molecule has 2 aromatic carbocycles. The number of hydrogen-bond donors (Lipinski definition) is 4. The van der Waals surface area contributed by atoms with Gasteiger partial charge in [-0.05, 0) is 67.5 Å². The molecule has 2 heterocycles. The molecule has 0 spiro atoms. The molecule has 0 bridgehead atoms. The van der Waals surface area contributed by atoms with Crippen molar-refractivity contribution < 1.29 is 23.4 Å². The number of halogens is 3. The van der Waals surface area contributed by atoms with Crippen molar-refractivity contribution in [3.05, 3.63) is 54.2 Å². The van der Waals surface area contributed by atoms with Gasteiger partial charge in [0.05, 0.1) is 30.5 Å². The lowest BCUT2D eigenvalue weighted by Gasteiger charge is -2.33. The maximum absolute atomic E-state index is 13.5. The number of piperidine rings is 1. The fourth-order valence-corrected chi connectivity index (χ4v) is 5.10. The number of aliphatic hydroxyl groups is 2. The third-order valence-electron chi connectivity index (χ3n) is 6.60. The maximum Gasteiger partial charge on any atom is 0.406 e. The molecule has 1 aliphatic rings. The van der Waals surface area contributed by atoms with Crippen LogP contribution in [0.5, 0.6) is 0 Å². The second-order valence-electron chi connectivity index (χ2n) is 9.41. The van der Waals surface area contributed by atoms with Crippen molar-refractivity contribution in [1.29, 1.82) is 0 Å². The van der Waals surface area contributed by atoms with Crippen LogP contribution in [0.2, 0.25) is 0 Å². The molecule has 4 rings (SSSR count). The average molecular weight is 547 g/mol. The van der Waals surface area contributed by atoms with Crippen LogP contribution in [0.15, 0.2) is 53.4 Å². The van der Waals surface area contributed by atoms with Gasteiger partial charge in [0.15, 0.2) is 0 Å². The van der Waals surface area contributed by atoms with Gasteiger partial charge < -0.3 is 30.3 Å². The third kappa shape index (κ3) is 7.60. The van der Waals surface area contributed by atoms with Crippen molar-refractivity contribution in [2.75, 3.05) is 49.7 Å². The standard InChI is InChI=1S/C28H33F3N4O2S/c1-38-24-9-7-20(8-10-24)32-13-3-4-22-16-25-26(5-2-6-27(25)35(22)19-28(29,30)31)33-21-11-14-34(15-12-21)17-23(37)18-36/h2,5-10,16,21,23,32-33,36-37H,11-15,17-19H2,1H3. The van der Waals surface area contributed by atoms with Crippen molar-refractivity contribution >= 4 is 34.0 Å². The van der Waals surface area contributed by atoms with Gasteiger partial charge in [0.2, 0.25) is 0 Å². The van der Waals surface area contributed by atoms with Gasteiger partial charge in [-0.3, -0.25) is 0 Å². The number of nitrogens with one attached hydrogen (secondary N) is 2. The Morgan fingerprint density at radius 3 is 2.53 bits per heavy atom. The Morgan fingerprint density at radius 1 is 1.13 bits per heavy atom. The minimum Gasteiger partial charge on any atom is -0.394 e. The van der Waals surface area contributed by atoms with E-state index in [2.05, 4.69) is 27.4 Å². The molecule has 0 saturated carbocycles. The van der Waals surface area contributed by atoms with Gasteiger partial charge in [0, 0.05) is 47.3 Å². The van der Waals surface area contributed by atoms with Crippen LogP contribution >= 0.6 is 11.8 Å². The summed E-state index contributed by atoms with van der Waals surface area (Å²) in [7, 11) is 0. The Morgan fingerprint density at radius 2 is 1.87 bits per heavy atom. The number of fused-ring (bicyclic) bond motifs is 1. The summed E-state index contributed by atoms with van der Waals surface area (Å²) in [4.78, 5) is 3.26. The number of aliphatic hydroxyl groups excluding tert-OH is 2. The summed E-state index contributed by atoms with van der Waals surface area (Å²) in [6.45, 7) is 0.897. The van der Waals surface area contributed by atoms with E-state index in [9.17, 15) is 18.3 Å². The molecule has 4 N–H and O–H groups in total. The number of benzene rings is 2. The number of alkyl halides is 3. The minimum absolute atomic E-state index is 0.158. The van der Waals surface area contributed by atoms with E-state index >= 15 is 0 Å². The first-order valence-corrected chi connectivity index (χ1v) is 13.8. The predicted octanol–water partition coefficient (Wildman–Crippen LogP) is 4.62. The first-order valence-electron chi connectivity index (χ1n) is 12.6. The van der Waals surface area contributed by atoms with Crippen molar-refractivity contribution in [1.82, 2.24) is 9.47 Å². The molecule has 1 aliphatic heterocycles. The number of hydrogen-bond acceptors (Lipinski definition) is 6. The topological polar surface area (TPSA) is 72.7 Å². The molecular formula is C28H33F3N4O2S. The van der Waals surface area contributed by atoms with Gasteiger partial charge in [0.1, 0.15) is 6.54 Å². The quantitative estimate of drug-likeness (QED) is 0.232. The normalized spacial score (nSPS) is 15.7. The lowest BCUT2D eigenvalue weighted by atomic mass is 10.0. The molecule has 0 aliphatic carbocycles. The zero-order chi connectivity index (χ0) is 27.1. The van der Waals surface area contributed by atoms with Crippen LogP contribution < -0.4 is 10.6 Å². The highest BCUT2D eigenvalue weighted by Gasteiger charge is 2.30. The first-order chi connectivity index (χ1) is 18.3. The first kappa shape index (κ1) is 28.2. The van der Waals surface area contributed by atoms with E-state index in [1.165, 1.54) is 4.57 Å². The van der Waals surface area contributed by atoms with E-state index in [0.29, 0.717) is 29.7 Å². The Bertz CT molecular complexity index is 1260. The number of aromatic nitrogens is 1. The zero-order valence-corrected chi connectivity index (χ0v) is 22.1. The van der Waals surface area contributed by atoms with E-state index in [1.54, 1.807) is 30.0 Å². The molecule has 6 nitrogen and oxygen atoms in total. The lowest BCUT2D eigenvalue weighted by molar-refractivity contribution is -0.140. The summed E-state index contributed by atoms with van der Waals surface area (Å²) in [5.74, 6) is 5.92. The van der Waals surface area contributed by atoms with Gasteiger partial charge in [-0.15, -0.1) is 11.8 Å². The SMILES string of the molecule is CSc1ccc(NCC#Cc2cc3c(NC4CCN(CC(O)CO)CC4)cccc3n2CC(F)(F)F)cc1. The number of β-amino-alcohol motifs (C(OH)–C–C–N with tert-alkyl or cyclic N) is 1. The van der Waals surface area contributed by atoms with E-state index in [0.717, 1.165) is 42.2 Å². The monoisotopic (exact) mass is 546 g/mol. The Labute approximate surface area is 225 Å². The van der Waals surface area contributed by atoms with Gasteiger partial charge in [0.25, 0.3) is 0 Å². The summed E-state index contributed by atoms with van der Waals surface area (Å²) in [6.07, 6.45) is -1.47. The van der Waals surface area contributed by atoms with Crippen molar-refractivity contribution in [3.8, 4) is 11.8 Å². The fraction of sp³-hybridized carbons (Fsp3) is 0.429. The van der Waals surface area contributed by atoms with E-state index in [1.807, 2.05) is 36.6 Å². The molecule has 204 valence electrons. The summed E-state index contributed by atoms with van der Waals surface area (Å²) in [5, 5.41) is 26.2. The number of thioether (sulfide) groups is 1. The highest BCUT2D eigenvalue weighted by Crippen LogP contribution is 2.31. The smallest absolute Gasteiger partial charge is 0.394 e. The molecule has 1 aromatic heterocycles. The van der Waals surface area contributed by atoms with Crippen molar-refractivity contribution in [2.24, 2.45) is 0 Å². The molecule has 10 heteroatoms. The fourth-order valence-electron chi connectivity index (χ4n) is 4.69. The van der Waals surface area contributed by atoms with E-state index in [-0.39, 0.29) is 12.6 Å². The average Bonchev–Trinajstić information content (AvgIpc) is 3.24. The number of nitrogens with zero attached hydrogens (tertiary/aromatic N) is 2. The molecule has 38 heavy (non-hydrogen) atoms. The summed E-state index contributed by atoms with van der Waals surface area (Å²) < 4.78 is 41.7. The summed E-state index contributed by atoms with van der Waals surface area (Å²) in [5.41, 5.74) is 2.49. The molecule has 1 unspecified atom stereocenters. The van der Waals surface area contributed by atoms with Gasteiger partial charge in [-0.25, -0.2) is 0 Å².